The Kier molecular flexibility index (Phi) is 6.91. The summed E-state index contributed by atoms with van der Waals surface area (Å²) in [4.78, 5) is 2.61. The van der Waals surface area contributed by atoms with Crippen molar-refractivity contribution in [1.29, 1.82) is 0 Å². The molecule has 1 aliphatic heterocycles. The van der Waals surface area contributed by atoms with E-state index in [-0.39, 0.29) is 0 Å². The summed E-state index contributed by atoms with van der Waals surface area (Å²) in [7, 11) is 0. The lowest BCUT2D eigenvalue weighted by Gasteiger charge is -2.31. The standard InChI is InChI=1S/C17H28N2S/c1-3-9-18-12-15-5-7-16(8-6-15)13-19-10-11-20-17(4-2)14-19/h5-8,17-18H,3-4,9-14H2,1-2H3. The number of hydrogen-bond acceptors (Lipinski definition) is 3. The van der Waals surface area contributed by atoms with Crippen LogP contribution in [0, 0.1) is 0 Å². The smallest absolute Gasteiger partial charge is 0.0234 e. The fraction of sp³-hybridized carbons (Fsp3) is 0.647. The average Bonchev–Trinajstić information content (AvgIpc) is 2.49. The highest BCUT2D eigenvalue weighted by atomic mass is 32.2. The molecule has 0 aliphatic carbocycles. The summed E-state index contributed by atoms with van der Waals surface area (Å²) in [5, 5.41) is 4.29. The average molecular weight is 292 g/mol. The number of benzene rings is 1. The lowest BCUT2D eigenvalue weighted by Crippen LogP contribution is -2.37. The van der Waals surface area contributed by atoms with Crippen LogP contribution in [0.5, 0.6) is 0 Å². The van der Waals surface area contributed by atoms with Gasteiger partial charge < -0.3 is 5.32 Å². The van der Waals surface area contributed by atoms with Gasteiger partial charge in [0.2, 0.25) is 0 Å². The van der Waals surface area contributed by atoms with Crippen LogP contribution in [0.2, 0.25) is 0 Å². The Labute approximate surface area is 128 Å². The third kappa shape index (κ3) is 5.12. The van der Waals surface area contributed by atoms with Crippen LogP contribution in [0.3, 0.4) is 0 Å². The molecule has 20 heavy (non-hydrogen) atoms. The van der Waals surface area contributed by atoms with Crippen LogP contribution >= 0.6 is 11.8 Å². The molecule has 1 fully saturated rings. The molecule has 0 bridgehead atoms. The van der Waals surface area contributed by atoms with Crippen molar-refractivity contribution in [3.05, 3.63) is 35.4 Å². The second-order valence-corrected chi connectivity index (χ2v) is 7.04. The summed E-state index contributed by atoms with van der Waals surface area (Å²) in [6.45, 7) is 10.2. The molecule has 0 aromatic heterocycles. The quantitative estimate of drug-likeness (QED) is 0.774. The van der Waals surface area contributed by atoms with Crippen LogP contribution in [0.15, 0.2) is 24.3 Å². The predicted molar refractivity (Wildman–Crippen MR) is 90.3 cm³/mol. The summed E-state index contributed by atoms with van der Waals surface area (Å²) in [6.07, 6.45) is 2.49. The van der Waals surface area contributed by atoms with E-state index in [1.807, 2.05) is 0 Å². The fourth-order valence-corrected chi connectivity index (χ4v) is 3.85. The highest BCUT2D eigenvalue weighted by Gasteiger charge is 2.18. The molecule has 3 heteroatoms. The fourth-order valence-electron chi connectivity index (χ4n) is 2.60. The summed E-state index contributed by atoms with van der Waals surface area (Å²) in [5.74, 6) is 1.29. The first-order valence-electron chi connectivity index (χ1n) is 7.94. The molecule has 1 aliphatic rings. The first-order chi connectivity index (χ1) is 9.81. The minimum Gasteiger partial charge on any atom is -0.313 e. The first-order valence-corrected chi connectivity index (χ1v) is 8.99. The lowest BCUT2D eigenvalue weighted by atomic mass is 10.1. The molecular weight excluding hydrogens is 264 g/mol. The van der Waals surface area contributed by atoms with Gasteiger partial charge in [0.05, 0.1) is 0 Å². The van der Waals surface area contributed by atoms with Gasteiger partial charge in [0.1, 0.15) is 0 Å². The summed E-state index contributed by atoms with van der Waals surface area (Å²) < 4.78 is 0. The topological polar surface area (TPSA) is 15.3 Å². The minimum absolute atomic E-state index is 0.835. The summed E-state index contributed by atoms with van der Waals surface area (Å²) in [5.41, 5.74) is 2.84. The molecule has 0 radical (unpaired) electrons. The van der Waals surface area contributed by atoms with Gasteiger partial charge in [-0.15, -0.1) is 0 Å². The molecule has 2 rings (SSSR count). The zero-order valence-corrected chi connectivity index (χ0v) is 13.7. The Morgan fingerprint density at radius 1 is 1.20 bits per heavy atom. The van der Waals surface area contributed by atoms with Crippen LogP contribution in [0.25, 0.3) is 0 Å². The van der Waals surface area contributed by atoms with Gasteiger partial charge in [-0.2, -0.15) is 11.8 Å². The van der Waals surface area contributed by atoms with E-state index < -0.39 is 0 Å². The van der Waals surface area contributed by atoms with Crippen molar-refractivity contribution in [3.8, 4) is 0 Å². The number of rotatable bonds is 7. The van der Waals surface area contributed by atoms with Crippen molar-refractivity contribution in [1.82, 2.24) is 10.2 Å². The second kappa shape index (κ2) is 8.71. The Morgan fingerprint density at radius 3 is 2.65 bits per heavy atom. The zero-order valence-electron chi connectivity index (χ0n) is 12.9. The van der Waals surface area contributed by atoms with Crippen LogP contribution < -0.4 is 5.32 Å². The van der Waals surface area contributed by atoms with E-state index >= 15 is 0 Å². The summed E-state index contributed by atoms with van der Waals surface area (Å²) >= 11 is 2.14. The van der Waals surface area contributed by atoms with Gasteiger partial charge in [0.15, 0.2) is 0 Å². The van der Waals surface area contributed by atoms with Gasteiger partial charge in [-0.05, 0) is 30.5 Å². The molecule has 1 unspecified atom stereocenters. The van der Waals surface area contributed by atoms with Crippen LogP contribution in [-0.4, -0.2) is 35.5 Å². The maximum atomic E-state index is 3.45. The van der Waals surface area contributed by atoms with Crippen molar-refractivity contribution in [3.63, 3.8) is 0 Å². The number of thioether (sulfide) groups is 1. The van der Waals surface area contributed by atoms with Gasteiger partial charge in [0, 0.05) is 37.2 Å². The van der Waals surface area contributed by atoms with Gasteiger partial charge in [-0.1, -0.05) is 38.1 Å². The number of hydrogen-bond donors (Lipinski definition) is 1. The van der Waals surface area contributed by atoms with E-state index in [9.17, 15) is 0 Å². The van der Waals surface area contributed by atoms with Crippen molar-refractivity contribution in [2.24, 2.45) is 0 Å². The van der Waals surface area contributed by atoms with E-state index in [4.69, 9.17) is 0 Å². The molecule has 2 nitrogen and oxygen atoms in total. The van der Waals surface area contributed by atoms with Crippen molar-refractivity contribution >= 4 is 11.8 Å². The van der Waals surface area contributed by atoms with E-state index in [2.05, 4.69) is 60.1 Å². The molecule has 1 atom stereocenters. The Morgan fingerprint density at radius 2 is 1.95 bits per heavy atom. The minimum atomic E-state index is 0.835. The third-order valence-electron chi connectivity index (χ3n) is 3.86. The van der Waals surface area contributed by atoms with Gasteiger partial charge in [0.25, 0.3) is 0 Å². The maximum absolute atomic E-state index is 3.45. The molecule has 0 amide bonds. The van der Waals surface area contributed by atoms with E-state index in [0.717, 1.165) is 24.9 Å². The molecule has 1 saturated heterocycles. The van der Waals surface area contributed by atoms with Crippen LogP contribution in [0.4, 0.5) is 0 Å². The molecule has 0 saturated carbocycles. The van der Waals surface area contributed by atoms with Gasteiger partial charge in [-0.3, -0.25) is 4.90 Å². The van der Waals surface area contributed by atoms with Crippen LogP contribution in [0.1, 0.15) is 37.8 Å². The highest BCUT2D eigenvalue weighted by Crippen LogP contribution is 2.22. The van der Waals surface area contributed by atoms with Gasteiger partial charge >= 0.3 is 0 Å². The normalized spacial score (nSPS) is 20.2. The SMILES string of the molecule is CCCNCc1ccc(CN2CCSC(CC)C2)cc1. The molecule has 0 spiro atoms. The van der Waals surface area contributed by atoms with Crippen LogP contribution in [-0.2, 0) is 13.1 Å². The number of nitrogens with one attached hydrogen (secondary N) is 1. The van der Waals surface area contributed by atoms with E-state index in [1.54, 1.807) is 0 Å². The Bertz CT molecular complexity index is 377. The molecule has 1 aromatic carbocycles. The summed E-state index contributed by atoms with van der Waals surface area (Å²) in [6, 6.07) is 9.14. The first kappa shape index (κ1) is 15.9. The van der Waals surface area contributed by atoms with Crippen molar-refractivity contribution in [2.75, 3.05) is 25.4 Å². The zero-order chi connectivity index (χ0) is 14.2. The lowest BCUT2D eigenvalue weighted by molar-refractivity contribution is 0.273. The van der Waals surface area contributed by atoms with Gasteiger partial charge in [-0.25, -0.2) is 0 Å². The molecule has 112 valence electrons. The second-order valence-electron chi connectivity index (χ2n) is 5.63. The maximum Gasteiger partial charge on any atom is 0.0234 e. The Hall–Kier alpha value is -0.510. The number of nitrogens with zero attached hydrogens (tertiary/aromatic N) is 1. The molecule has 1 aromatic rings. The molecule has 1 N–H and O–H groups in total. The van der Waals surface area contributed by atoms with E-state index in [1.165, 1.54) is 42.8 Å². The van der Waals surface area contributed by atoms with Crippen molar-refractivity contribution < 1.29 is 0 Å². The molecule has 1 heterocycles. The highest BCUT2D eigenvalue weighted by molar-refractivity contribution is 8.00. The third-order valence-corrected chi connectivity index (χ3v) is 5.24. The van der Waals surface area contributed by atoms with Crippen molar-refractivity contribution in [2.45, 2.75) is 45.0 Å². The van der Waals surface area contributed by atoms with E-state index in [0.29, 0.717) is 0 Å². The molecular formula is C17H28N2S. The largest absolute Gasteiger partial charge is 0.313 e. The monoisotopic (exact) mass is 292 g/mol. The predicted octanol–water partition coefficient (Wildman–Crippen LogP) is 3.51. The Balaban J connectivity index is 1.80.